The summed E-state index contributed by atoms with van der Waals surface area (Å²) in [6.07, 6.45) is 7.38. The zero-order chi connectivity index (χ0) is 19.4. The zero-order valence-corrected chi connectivity index (χ0v) is 19.9. The third-order valence-electron chi connectivity index (χ3n) is 6.51. The summed E-state index contributed by atoms with van der Waals surface area (Å²) in [5.41, 5.74) is 1.47. The Bertz CT molecular complexity index is 701. The summed E-state index contributed by atoms with van der Waals surface area (Å²) < 4.78 is 16.7. The van der Waals surface area contributed by atoms with E-state index in [0.717, 1.165) is 50.2 Å². The number of fused-ring (bicyclic) bond motifs is 1. The fraction of sp³-hybridized carbons (Fsp3) is 0.682. The van der Waals surface area contributed by atoms with Gasteiger partial charge in [0.2, 0.25) is 6.79 Å². The molecule has 1 atom stereocenters. The number of rotatable bonds is 5. The molecule has 1 N–H and O–H groups in total. The molecule has 29 heavy (non-hydrogen) atoms. The lowest BCUT2D eigenvalue weighted by Gasteiger charge is -2.39. The van der Waals surface area contributed by atoms with E-state index >= 15 is 0 Å². The molecule has 7 heteroatoms. The first-order valence-corrected chi connectivity index (χ1v) is 10.6. The van der Waals surface area contributed by atoms with E-state index in [4.69, 9.17) is 14.2 Å². The van der Waals surface area contributed by atoms with Crippen LogP contribution in [0.1, 0.15) is 44.1 Å². The maximum absolute atomic E-state index is 5.65. The minimum absolute atomic E-state index is 0. The average molecular weight is 515 g/mol. The molecule has 0 bridgehead atoms. The minimum Gasteiger partial charge on any atom is -0.454 e. The van der Waals surface area contributed by atoms with Gasteiger partial charge in [0.15, 0.2) is 17.5 Å². The van der Waals surface area contributed by atoms with Crippen LogP contribution in [0.5, 0.6) is 11.5 Å². The van der Waals surface area contributed by atoms with Crippen LogP contribution in [-0.2, 0) is 10.2 Å². The third kappa shape index (κ3) is 5.10. The molecular formula is C22H34IN3O3. The van der Waals surface area contributed by atoms with Crippen molar-refractivity contribution in [3.63, 3.8) is 0 Å². The molecule has 1 unspecified atom stereocenters. The summed E-state index contributed by atoms with van der Waals surface area (Å²) in [5, 5.41) is 3.68. The Morgan fingerprint density at radius 2 is 2.00 bits per heavy atom. The standard InChI is InChI=1S/C22H33N3O3.HI/c1-23-21(25(2)13-17-8-11-26-14-17)24-15-22(9-4-3-5-10-22)18-6-7-19-20(12-18)28-16-27-19;/h6-7,12,17H,3-5,8-11,13-16H2,1-2H3,(H,23,24);1H. The largest absolute Gasteiger partial charge is 0.454 e. The molecule has 162 valence electrons. The van der Waals surface area contributed by atoms with Crippen molar-refractivity contribution < 1.29 is 14.2 Å². The van der Waals surface area contributed by atoms with Crippen LogP contribution >= 0.6 is 24.0 Å². The van der Waals surface area contributed by atoms with Gasteiger partial charge in [0.05, 0.1) is 6.61 Å². The quantitative estimate of drug-likeness (QED) is 0.368. The highest BCUT2D eigenvalue weighted by Crippen LogP contribution is 2.43. The molecular weight excluding hydrogens is 481 g/mol. The van der Waals surface area contributed by atoms with Crippen molar-refractivity contribution in [2.45, 2.75) is 43.9 Å². The number of hydrogen-bond donors (Lipinski definition) is 1. The van der Waals surface area contributed by atoms with E-state index in [-0.39, 0.29) is 29.4 Å². The van der Waals surface area contributed by atoms with Crippen LogP contribution in [0.4, 0.5) is 0 Å². The van der Waals surface area contributed by atoms with Crippen molar-refractivity contribution in [2.24, 2.45) is 10.9 Å². The van der Waals surface area contributed by atoms with Gasteiger partial charge in [-0.15, -0.1) is 24.0 Å². The summed E-state index contributed by atoms with van der Waals surface area (Å²) in [5.74, 6) is 3.31. The summed E-state index contributed by atoms with van der Waals surface area (Å²) in [4.78, 5) is 6.79. The van der Waals surface area contributed by atoms with Crippen molar-refractivity contribution in [2.75, 3.05) is 47.2 Å². The van der Waals surface area contributed by atoms with Crippen molar-refractivity contribution in [1.82, 2.24) is 10.2 Å². The second kappa shape index (κ2) is 10.2. The van der Waals surface area contributed by atoms with Gasteiger partial charge in [-0.05, 0) is 37.0 Å². The van der Waals surface area contributed by atoms with Crippen LogP contribution < -0.4 is 14.8 Å². The van der Waals surface area contributed by atoms with Gasteiger partial charge >= 0.3 is 0 Å². The van der Waals surface area contributed by atoms with Gasteiger partial charge in [-0.1, -0.05) is 25.3 Å². The zero-order valence-electron chi connectivity index (χ0n) is 17.6. The summed E-state index contributed by atoms with van der Waals surface area (Å²) >= 11 is 0. The molecule has 2 aliphatic heterocycles. The first-order valence-electron chi connectivity index (χ1n) is 10.6. The van der Waals surface area contributed by atoms with Crippen LogP contribution in [-0.4, -0.2) is 58.1 Å². The number of ether oxygens (including phenoxy) is 3. The van der Waals surface area contributed by atoms with Gasteiger partial charge < -0.3 is 24.4 Å². The van der Waals surface area contributed by atoms with Crippen LogP contribution in [0.3, 0.4) is 0 Å². The maximum Gasteiger partial charge on any atom is 0.231 e. The van der Waals surface area contributed by atoms with E-state index in [2.05, 4.69) is 40.5 Å². The molecule has 1 saturated carbocycles. The molecule has 1 aromatic carbocycles. The third-order valence-corrected chi connectivity index (χ3v) is 6.51. The van der Waals surface area contributed by atoms with Gasteiger partial charge in [-0.2, -0.15) is 0 Å². The van der Waals surface area contributed by atoms with Gasteiger partial charge in [0.1, 0.15) is 0 Å². The van der Waals surface area contributed by atoms with Crippen molar-refractivity contribution in [1.29, 1.82) is 0 Å². The van der Waals surface area contributed by atoms with Crippen LogP contribution in [0.2, 0.25) is 0 Å². The van der Waals surface area contributed by atoms with Crippen molar-refractivity contribution in [3.05, 3.63) is 23.8 Å². The number of halogens is 1. The highest BCUT2D eigenvalue weighted by atomic mass is 127. The molecule has 1 aromatic rings. The average Bonchev–Trinajstić information content (AvgIpc) is 3.40. The second-order valence-electron chi connectivity index (χ2n) is 8.42. The Kier molecular flexibility index (Phi) is 7.90. The highest BCUT2D eigenvalue weighted by Gasteiger charge is 2.35. The fourth-order valence-electron chi connectivity index (χ4n) is 4.86. The van der Waals surface area contributed by atoms with Crippen molar-refractivity contribution in [3.8, 4) is 11.5 Å². The Morgan fingerprint density at radius 1 is 1.21 bits per heavy atom. The number of benzene rings is 1. The molecule has 3 aliphatic rings. The summed E-state index contributed by atoms with van der Waals surface area (Å²) in [6.45, 7) is 3.95. The molecule has 0 spiro atoms. The Hall–Kier alpha value is -1.22. The molecule has 1 aliphatic carbocycles. The van der Waals surface area contributed by atoms with Crippen LogP contribution in [0, 0.1) is 5.92 Å². The van der Waals surface area contributed by atoms with Crippen molar-refractivity contribution >= 4 is 29.9 Å². The lowest BCUT2D eigenvalue weighted by atomic mass is 9.69. The monoisotopic (exact) mass is 515 g/mol. The number of aliphatic imine (C=N–C) groups is 1. The van der Waals surface area contributed by atoms with E-state index in [1.807, 2.05) is 7.05 Å². The van der Waals surface area contributed by atoms with Crippen LogP contribution in [0.15, 0.2) is 23.2 Å². The lowest BCUT2D eigenvalue weighted by molar-refractivity contribution is 0.173. The Labute approximate surface area is 191 Å². The summed E-state index contributed by atoms with van der Waals surface area (Å²) in [6, 6.07) is 6.48. The predicted molar refractivity (Wildman–Crippen MR) is 126 cm³/mol. The molecule has 0 radical (unpaired) electrons. The fourth-order valence-corrected chi connectivity index (χ4v) is 4.86. The van der Waals surface area contributed by atoms with Crippen LogP contribution in [0.25, 0.3) is 0 Å². The highest BCUT2D eigenvalue weighted by molar-refractivity contribution is 14.0. The van der Waals surface area contributed by atoms with E-state index < -0.39 is 0 Å². The molecule has 4 rings (SSSR count). The molecule has 1 saturated heterocycles. The van der Waals surface area contributed by atoms with E-state index in [1.54, 1.807) is 0 Å². The molecule has 2 fully saturated rings. The molecule has 0 aromatic heterocycles. The van der Waals surface area contributed by atoms with Gasteiger partial charge in [-0.3, -0.25) is 4.99 Å². The maximum atomic E-state index is 5.65. The van der Waals surface area contributed by atoms with Gasteiger partial charge in [0.25, 0.3) is 0 Å². The number of nitrogens with zero attached hydrogens (tertiary/aromatic N) is 2. The minimum atomic E-state index is 0. The van der Waals surface area contributed by atoms with E-state index in [9.17, 15) is 0 Å². The second-order valence-corrected chi connectivity index (χ2v) is 8.42. The first-order chi connectivity index (χ1) is 13.7. The number of hydrogen-bond acceptors (Lipinski definition) is 4. The first kappa shape index (κ1) is 22.5. The molecule has 0 amide bonds. The SMILES string of the molecule is CN=C(NCC1(c2ccc3c(c2)OCO3)CCCCC1)N(C)CC1CCOC1.I. The topological polar surface area (TPSA) is 55.3 Å². The Balaban J connectivity index is 0.00000240. The smallest absolute Gasteiger partial charge is 0.231 e. The van der Waals surface area contributed by atoms with E-state index in [0.29, 0.717) is 12.7 Å². The van der Waals surface area contributed by atoms with Gasteiger partial charge in [-0.25, -0.2) is 0 Å². The molecule has 6 nitrogen and oxygen atoms in total. The predicted octanol–water partition coefficient (Wildman–Crippen LogP) is 3.78. The van der Waals surface area contributed by atoms with Gasteiger partial charge in [0, 0.05) is 45.1 Å². The number of guanidine groups is 1. The molecule has 2 heterocycles. The Morgan fingerprint density at radius 3 is 2.72 bits per heavy atom. The normalized spacial score (nSPS) is 22.8. The number of nitrogens with one attached hydrogen (secondary N) is 1. The van der Waals surface area contributed by atoms with E-state index in [1.165, 1.54) is 37.7 Å². The summed E-state index contributed by atoms with van der Waals surface area (Å²) in [7, 11) is 4.00. The lowest BCUT2D eigenvalue weighted by Crippen LogP contribution is -2.48.